The summed E-state index contributed by atoms with van der Waals surface area (Å²) < 4.78 is 12.0. The van der Waals surface area contributed by atoms with E-state index >= 15 is 0 Å². The Labute approximate surface area is 240 Å². The van der Waals surface area contributed by atoms with Crippen LogP contribution in [0.1, 0.15) is 105 Å². The smallest absolute Gasteiger partial charge is 0.331 e. The van der Waals surface area contributed by atoms with E-state index in [-0.39, 0.29) is 28.6 Å². The molecule has 0 fully saturated rings. The van der Waals surface area contributed by atoms with Crippen LogP contribution in [0, 0.1) is 5.41 Å². The maximum atomic E-state index is 12.8. The van der Waals surface area contributed by atoms with Gasteiger partial charge in [-0.05, 0) is 70.6 Å². The maximum Gasteiger partial charge on any atom is 0.331 e. The highest BCUT2D eigenvalue weighted by atomic mass is 16.5. The lowest BCUT2D eigenvalue weighted by molar-refractivity contribution is 0.116. The molecule has 0 aliphatic heterocycles. The van der Waals surface area contributed by atoms with E-state index in [1.807, 2.05) is 20.8 Å². The summed E-state index contributed by atoms with van der Waals surface area (Å²) in [4.78, 5) is 25.1. The van der Waals surface area contributed by atoms with Gasteiger partial charge in [-0.25, -0.2) is 9.59 Å². The number of nitrogens with zero attached hydrogens (tertiary/aromatic N) is 4. The van der Waals surface area contributed by atoms with Crippen LogP contribution < -0.4 is 11.4 Å². The number of ether oxygens (including phenoxy) is 1. The molecule has 0 amide bonds. The van der Waals surface area contributed by atoms with Crippen LogP contribution in [-0.2, 0) is 29.9 Å². The Kier molecular flexibility index (Phi) is 13.4. The number of aromatic hydroxyl groups is 2. The molecule has 228 valence electrons. The van der Waals surface area contributed by atoms with Gasteiger partial charge in [0.25, 0.3) is 0 Å². The third-order valence-corrected chi connectivity index (χ3v) is 9.06. The Morgan fingerprint density at radius 3 is 1.82 bits per heavy atom. The minimum absolute atomic E-state index is 0.0114. The number of aryl methyl sites for hydroxylation is 2. The van der Waals surface area contributed by atoms with Crippen molar-refractivity contribution in [3.63, 3.8) is 0 Å². The topological polar surface area (TPSA) is 104 Å². The monoisotopic (exact) mass is 562 g/mol. The van der Waals surface area contributed by atoms with Gasteiger partial charge < -0.3 is 14.9 Å². The van der Waals surface area contributed by atoms with E-state index in [0.717, 1.165) is 70.8 Å². The van der Waals surface area contributed by atoms with Crippen LogP contribution in [0.3, 0.4) is 0 Å². The van der Waals surface area contributed by atoms with Crippen LogP contribution in [-0.4, -0.2) is 41.7 Å². The molecule has 1 atom stereocenters. The third kappa shape index (κ3) is 7.95. The van der Waals surface area contributed by atoms with E-state index in [9.17, 15) is 19.8 Å². The molecule has 0 spiro atoms. The lowest BCUT2D eigenvalue weighted by Crippen LogP contribution is -2.39. The van der Waals surface area contributed by atoms with E-state index in [0.29, 0.717) is 32.7 Å². The highest BCUT2D eigenvalue weighted by Gasteiger charge is 2.31. The number of aromatic nitrogens is 4. The van der Waals surface area contributed by atoms with Gasteiger partial charge in [0, 0.05) is 32.8 Å². The summed E-state index contributed by atoms with van der Waals surface area (Å²) in [5.74, 6) is 0.0397. The van der Waals surface area contributed by atoms with Crippen LogP contribution in [0.25, 0.3) is 0 Å². The molecule has 0 radical (unpaired) electrons. The second kappa shape index (κ2) is 15.9. The van der Waals surface area contributed by atoms with Crippen LogP contribution in [0.4, 0.5) is 0 Å². The first-order valence-corrected chi connectivity index (χ1v) is 15.4. The molecule has 2 aromatic heterocycles. The molecule has 9 nitrogen and oxygen atoms in total. The molecule has 2 N–H and O–H groups in total. The number of allylic oxidation sites excluding steroid dienone is 1. The second-order valence-electron chi connectivity index (χ2n) is 11.1. The molecule has 0 aliphatic rings. The van der Waals surface area contributed by atoms with Gasteiger partial charge in [0.05, 0.1) is 17.9 Å². The molecule has 40 heavy (non-hydrogen) atoms. The second-order valence-corrected chi connectivity index (χ2v) is 11.1. The number of hydrogen-bond acceptors (Lipinski definition) is 5. The SMILES string of the molecule is C=CC(CC)(CCCCOCCCCC(CC)(CC)CCCn1c(O)cn(CC)c1=O)n1c(O)cn(CC)c1=O. The van der Waals surface area contributed by atoms with Gasteiger partial charge >= 0.3 is 11.4 Å². The Morgan fingerprint density at radius 1 is 0.775 bits per heavy atom. The number of hydrogen-bond donors (Lipinski definition) is 2. The van der Waals surface area contributed by atoms with Gasteiger partial charge in [-0.1, -0.05) is 46.1 Å². The van der Waals surface area contributed by atoms with Crippen molar-refractivity contribution >= 4 is 0 Å². The van der Waals surface area contributed by atoms with Gasteiger partial charge in [0.2, 0.25) is 11.8 Å². The van der Waals surface area contributed by atoms with Gasteiger partial charge in [0.15, 0.2) is 0 Å². The Balaban J connectivity index is 1.73. The summed E-state index contributed by atoms with van der Waals surface area (Å²) in [6.45, 7) is 17.3. The molecule has 0 aromatic carbocycles. The normalized spacial score (nSPS) is 13.5. The van der Waals surface area contributed by atoms with Crippen molar-refractivity contribution in [2.75, 3.05) is 13.2 Å². The van der Waals surface area contributed by atoms with Crippen molar-refractivity contribution in [1.82, 2.24) is 18.3 Å². The molecule has 2 heterocycles. The number of imidazole rings is 2. The van der Waals surface area contributed by atoms with Crippen LogP contribution >= 0.6 is 0 Å². The summed E-state index contributed by atoms with van der Waals surface area (Å²) in [6, 6.07) is 0. The quantitative estimate of drug-likeness (QED) is 0.143. The Hall–Kier alpha value is -2.68. The fraction of sp³-hybridized carbons (Fsp3) is 0.742. The number of unbranched alkanes of at least 4 members (excludes halogenated alkanes) is 2. The standard InChI is InChI=1S/C31H54N4O5/c1-7-30(8-2,19-17-21-34-26(36)24-32(11-5)28(34)38)18-13-15-22-40-23-16-14-20-31(9-3,10-4)35-27(37)25-33(12-6)29(35)39/h9,24-25,36-37H,3,7-8,10-23H2,1-2,4-6H3. The predicted octanol–water partition coefficient (Wildman–Crippen LogP) is 6.00. The van der Waals surface area contributed by atoms with Crippen molar-refractivity contribution in [3.05, 3.63) is 46.0 Å². The van der Waals surface area contributed by atoms with E-state index in [1.54, 1.807) is 10.6 Å². The predicted molar refractivity (Wildman–Crippen MR) is 161 cm³/mol. The van der Waals surface area contributed by atoms with Crippen LogP contribution in [0.15, 0.2) is 34.6 Å². The van der Waals surface area contributed by atoms with E-state index < -0.39 is 5.54 Å². The highest BCUT2D eigenvalue weighted by Crippen LogP contribution is 2.38. The molecule has 0 bridgehead atoms. The summed E-state index contributed by atoms with van der Waals surface area (Å²) in [7, 11) is 0. The van der Waals surface area contributed by atoms with Crippen molar-refractivity contribution in [2.24, 2.45) is 5.41 Å². The third-order valence-electron chi connectivity index (χ3n) is 9.06. The molecular weight excluding hydrogens is 508 g/mol. The summed E-state index contributed by atoms with van der Waals surface area (Å²) in [5, 5.41) is 20.5. The molecule has 1 unspecified atom stereocenters. The van der Waals surface area contributed by atoms with Gasteiger partial charge in [-0.2, -0.15) is 0 Å². The summed E-state index contributed by atoms with van der Waals surface area (Å²) in [6.07, 6.45) is 15.3. The van der Waals surface area contributed by atoms with E-state index in [4.69, 9.17) is 4.74 Å². The minimum atomic E-state index is -0.600. The fourth-order valence-electron chi connectivity index (χ4n) is 6.00. The van der Waals surface area contributed by atoms with Crippen LogP contribution in [0.5, 0.6) is 11.8 Å². The number of rotatable bonds is 21. The van der Waals surface area contributed by atoms with E-state index in [2.05, 4.69) is 20.4 Å². The molecule has 0 saturated carbocycles. The van der Waals surface area contributed by atoms with E-state index in [1.165, 1.54) is 26.1 Å². The Bertz CT molecular complexity index is 1150. The zero-order chi connectivity index (χ0) is 29.8. The Morgan fingerprint density at radius 2 is 1.32 bits per heavy atom. The molecular formula is C31H54N4O5. The first-order chi connectivity index (χ1) is 19.2. The lowest BCUT2D eigenvalue weighted by atomic mass is 9.74. The zero-order valence-electron chi connectivity index (χ0n) is 25.7. The molecule has 0 aliphatic carbocycles. The van der Waals surface area contributed by atoms with Crippen molar-refractivity contribution in [2.45, 2.75) is 130 Å². The summed E-state index contributed by atoms with van der Waals surface area (Å²) >= 11 is 0. The average Bonchev–Trinajstić information content (AvgIpc) is 3.42. The molecule has 2 aromatic rings. The van der Waals surface area contributed by atoms with Crippen molar-refractivity contribution in [3.8, 4) is 11.8 Å². The van der Waals surface area contributed by atoms with Gasteiger partial charge in [0.1, 0.15) is 0 Å². The minimum Gasteiger partial charge on any atom is -0.493 e. The highest BCUT2D eigenvalue weighted by molar-refractivity contribution is 5.15. The molecule has 0 saturated heterocycles. The van der Waals surface area contributed by atoms with Gasteiger partial charge in [-0.3, -0.25) is 18.3 Å². The lowest BCUT2D eigenvalue weighted by Gasteiger charge is -2.32. The zero-order valence-corrected chi connectivity index (χ0v) is 25.7. The van der Waals surface area contributed by atoms with Crippen molar-refractivity contribution < 1.29 is 14.9 Å². The molecule has 9 heteroatoms. The maximum absolute atomic E-state index is 12.8. The summed E-state index contributed by atoms with van der Waals surface area (Å²) in [5.41, 5.74) is -0.683. The van der Waals surface area contributed by atoms with Crippen LogP contribution in [0.2, 0.25) is 0 Å². The van der Waals surface area contributed by atoms with Gasteiger partial charge in [-0.15, -0.1) is 6.58 Å². The molecule has 2 rings (SSSR count). The first-order valence-electron chi connectivity index (χ1n) is 15.4. The average molecular weight is 563 g/mol. The van der Waals surface area contributed by atoms with Crippen molar-refractivity contribution in [1.29, 1.82) is 0 Å². The fourth-order valence-corrected chi connectivity index (χ4v) is 6.00. The largest absolute Gasteiger partial charge is 0.493 e. The first kappa shape index (κ1) is 33.5.